The molecule has 0 radical (unpaired) electrons. The molecule has 0 amide bonds. The van der Waals surface area contributed by atoms with E-state index in [1.54, 1.807) is 0 Å². The van der Waals surface area contributed by atoms with Gasteiger partial charge in [0.2, 0.25) is 0 Å². The van der Waals surface area contributed by atoms with Crippen LogP contribution in [0.5, 0.6) is 0 Å². The van der Waals surface area contributed by atoms with Gasteiger partial charge in [-0.15, -0.1) is 0 Å². The number of fused-ring (bicyclic) bond motifs is 4. The maximum atomic E-state index is 13.0. The van der Waals surface area contributed by atoms with Gasteiger partial charge in [0.15, 0.2) is 28.3 Å². The highest BCUT2D eigenvalue weighted by Gasteiger charge is 2.79. The van der Waals surface area contributed by atoms with Crippen molar-refractivity contribution in [3.8, 4) is 0 Å². The van der Waals surface area contributed by atoms with Crippen LogP contribution in [0.3, 0.4) is 0 Å². The van der Waals surface area contributed by atoms with Gasteiger partial charge in [0, 0.05) is 23.8 Å². The number of carbonyl (C=O) groups is 1. The number of carbonyl (C=O) groups excluding carboxylic acids is 1. The van der Waals surface area contributed by atoms with Crippen LogP contribution in [-0.4, -0.2) is 56.9 Å². The van der Waals surface area contributed by atoms with Crippen molar-refractivity contribution in [3.05, 3.63) is 11.6 Å². The van der Waals surface area contributed by atoms with Crippen LogP contribution in [0.2, 0.25) is 37.8 Å². The molecule has 0 aromatic rings. The fourth-order valence-corrected chi connectivity index (χ4v) is 11.6. The van der Waals surface area contributed by atoms with E-state index in [9.17, 15) is 9.90 Å². The predicted octanol–water partition coefficient (Wildman–Crippen LogP) is 6.90. The monoisotopic (exact) mass is 564 g/mol. The molecule has 6 nitrogen and oxygen atoms in total. The Labute approximate surface area is 232 Å². The van der Waals surface area contributed by atoms with Gasteiger partial charge in [-0.25, -0.2) is 4.79 Å². The molecule has 4 fully saturated rings. The predicted molar refractivity (Wildman–Crippen MR) is 154 cm³/mol. The molecular formula is C30H52O6Si2. The number of rotatable bonds is 4. The second kappa shape index (κ2) is 7.99. The molecule has 1 spiro atoms. The zero-order valence-electron chi connectivity index (χ0n) is 26.0. The van der Waals surface area contributed by atoms with E-state index in [-0.39, 0.29) is 40.7 Å². The van der Waals surface area contributed by atoms with Crippen molar-refractivity contribution in [3.63, 3.8) is 0 Å². The highest BCUT2D eigenvalue weighted by atomic mass is 28.4. The Morgan fingerprint density at radius 3 is 2.21 bits per heavy atom. The Morgan fingerprint density at radius 1 is 1.05 bits per heavy atom. The van der Waals surface area contributed by atoms with Crippen molar-refractivity contribution in [2.24, 2.45) is 35.0 Å². The summed E-state index contributed by atoms with van der Waals surface area (Å²) in [5, 5.41) is 11.6. The molecule has 1 heterocycles. The summed E-state index contributed by atoms with van der Waals surface area (Å²) in [5.41, 5.74) is -1.76. The number of hydrogen-bond acceptors (Lipinski definition) is 6. The summed E-state index contributed by atoms with van der Waals surface area (Å²) in [6.07, 6.45) is 1.99. The van der Waals surface area contributed by atoms with Gasteiger partial charge in [0.05, 0.1) is 17.3 Å². The van der Waals surface area contributed by atoms with Crippen LogP contribution in [-0.2, 0) is 18.3 Å². The fraction of sp³-hybridized carbons (Fsp3) is 0.900. The van der Waals surface area contributed by atoms with Crippen molar-refractivity contribution < 1.29 is 28.2 Å². The van der Waals surface area contributed by atoms with E-state index in [0.717, 1.165) is 12.0 Å². The summed E-state index contributed by atoms with van der Waals surface area (Å²) in [4.78, 5) is 13.0. The first-order chi connectivity index (χ1) is 17.0. The van der Waals surface area contributed by atoms with Gasteiger partial charge in [-0.3, -0.25) is 0 Å². The van der Waals surface area contributed by atoms with Crippen LogP contribution in [0.1, 0.15) is 68.2 Å². The zero-order valence-corrected chi connectivity index (χ0v) is 28.0. The summed E-state index contributed by atoms with van der Waals surface area (Å²) in [7, 11) is -4.38. The molecule has 4 aliphatic carbocycles. The van der Waals surface area contributed by atoms with E-state index in [2.05, 4.69) is 81.2 Å². The molecule has 5 aliphatic rings. The molecule has 1 aliphatic heterocycles. The third-order valence-electron chi connectivity index (χ3n) is 11.3. The number of hydrogen-bond donors (Lipinski definition) is 1. The molecule has 10 atom stereocenters. The molecule has 1 N–H and O–H groups in total. The summed E-state index contributed by atoms with van der Waals surface area (Å²) in [6.45, 7) is 29.4. The standard InChI is InChI=1S/C30H52O6Si2/c1-17-14-19-21(27(19,6)7)22-23(35-38(12,13)26(3,4)5)18(2)24-29(34-25(31)33-24)16-28(8,32)15-20(29)30(17,22)36-37(9,10)11/h15,17-19,21-24,32H,14,16H2,1-13H3/t17-,18+,19-,21?,22-,23-,24-,28-,29+,30+/m1/s1. The SMILES string of the molecule is C[C@H]1[C@@H](O[Si](C)(C)C(C)(C)C)[C@H]2C3[C@@H](C[C@@H](C)[C@]2(O[Si](C)(C)C)C2=C[C@@](C)(O)C[C@]24OC(=O)O[C@H]14)C3(C)C. The molecule has 38 heavy (non-hydrogen) atoms. The maximum Gasteiger partial charge on any atom is 0.509 e. The van der Waals surface area contributed by atoms with Crippen molar-refractivity contribution in [2.75, 3.05) is 0 Å². The van der Waals surface area contributed by atoms with Gasteiger partial charge in [-0.2, -0.15) is 0 Å². The smallest absolute Gasteiger partial charge is 0.426 e. The van der Waals surface area contributed by atoms with Crippen molar-refractivity contribution in [1.29, 1.82) is 0 Å². The first-order valence-corrected chi connectivity index (χ1v) is 21.1. The Bertz CT molecular complexity index is 1050. The van der Waals surface area contributed by atoms with Crippen LogP contribution in [0.25, 0.3) is 0 Å². The van der Waals surface area contributed by atoms with Gasteiger partial charge in [0.25, 0.3) is 0 Å². The van der Waals surface area contributed by atoms with Gasteiger partial charge in [-0.05, 0) is 80.4 Å². The fourth-order valence-electron chi connectivity index (χ4n) is 8.78. The largest absolute Gasteiger partial charge is 0.509 e. The van der Waals surface area contributed by atoms with Gasteiger partial charge >= 0.3 is 6.16 Å². The summed E-state index contributed by atoms with van der Waals surface area (Å²) < 4.78 is 27.3. The third-order valence-corrected chi connectivity index (χ3v) is 16.7. The Kier molecular flexibility index (Phi) is 6.06. The summed E-state index contributed by atoms with van der Waals surface area (Å²) in [6, 6.07) is 0. The van der Waals surface area contributed by atoms with E-state index >= 15 is 0 Å². The lowest BCUT2D eigenvalue weighted by atomic mass is 9.62. The average molecular weight is 565 g/mol. The van der Waals surface area contributed by atoms with E-state index in [1.807, 2.05) is 13.0 Å². The number of aliphatic hydroxyl groups is 1. The molecule has 0 aromatic carbocycles. The molecule has 1 unspecified atom stereocenters. The molecule has 0 bridgehead atoms. The van der Waals surface area contributed by atoms with Crippen molar-refractivity contribution in [2.45, 2.75) is 135 Å². The average Bonchev–Trinajstić information content (AvgIpc) is 2.98. The summed E-state index contributed by atoms with van der Waals surface area (Å²) >= 11 is 0. The molecule has 0 aromatic heterocycles. The molecule has 216 valence electrons. The maximum absolute atomic E-state index is 13.0. The minimum absolute atomic E-state index is 0.0272. The highest BCUT2D eigenvalue weighted by molar-refractivity contribution is 6.74. The van der Waals surface area contributed by atoms with E-state index < -0.39 is 45.7 Å². The Balaban J connectivity index is 1.82. The minimum Gasteiger partial charge on any atom is -0.426 e. The highest BCUT2D eigenvalue weighted by Crippen LogP contribution is 2.76. The topological polar surface area (TPSA) is 74.2 Å². The minimum atomic E-state index is -2.23. The first kappa shape index (κ1) is 28.8. The molecule has 8 heteroatoms. The van der Waals surface area contributed by atoms with Crippen LogP contribution in [0, 0.1) is 35.0 Å². The third kappa shape index (κ3) is 3.90. The van der Waals surface area contributed by atoms with E-state index in [4.69, 9.17) is 18.3 Å². The first-order valence-electron chi connectivity index (χ1n) is 14.7. The van der Waals surface area contributed by atoms with Crippen molar-refractivity contribution in [1.82, 2.24) is 0 Å². The van der Waals surface area contributed by atoms with Gasteiger partial charge in [-0.1, -0.05) is 48.5 Å². The second-order valence-electron chi connectivity index (χ2n) is 16.7. The van der Waals surface area contributed by atoms with Crippen molar-refractivity contribution >= 4 is 22.8 Å². The lowest BCUT2D eigenvalue weighted by Crippen LogP contribution is -2.62. The molecule has 5 rings (SSSR count). The molecule has 1 saturated heterocycles. The quantitative estimate of drug-likeness (QED) is 0.227. The lowest BCUT2D eigenvalue weighted by molar-refractivity contribution is -0.107. The van der Waals surface area contributed by atoms with Crippen LogP contribution >= 0.6 is 0 Å². The lowest BCUT2D eigenvalue weighted by Gasteiger charge is -2.56. The summed E-state index contributed by atoms with van der Waals surface area (Å²) in [5.74, 6) is 1.15. The van der Waals surface area contributed by atoms with Crippen LogP contribution < -0.4 is 0 Å². The zero-order chi connectivity index (χ0) is 28.6. The Hall–Kier alpha value is -0.676. The second-order valence-corrected chi connectivity index (χ2v) is 25.9. The van der Waals surface area contributed by atoms with Gasteiger partial charge < -0.3 is 23.4 Å². The van der Waals surface area contributed by atoms with E-state index in [1.165, 1.54) is 0 Å². The normalized spacial score (nSPS) is 47.6. The van der Waals surface area contributed by atoms with Gasteiger partial charge in [0.1, 0.15) is 0 Å². The molecular weight excluding hydrogens is 512 g/mol. The van der Waals surface area contributed by atoms with Crippen LogP contribution in [0.4, 0.5) is 4.79 Å². The van der Waals surface area contributed by atoms with E-state index in [0.29, 0.717) is 11.8 Å². The number of ether oxygens (including phenoxy) is 2. The molecule has 3 saturated carbocycles. The van der Waals surface area contributed by atoms with Crippen LogP contribution in [0.15, 0.2) is 11.6 Å². The Morgan fingerprint density at radius 2 is 1.66 bits per heavy atom.